The molecule has 1 aromatic heterocycles. The highest BCUT2D eigenvalue weighted by atomic mass is 127. The molecule has 0 aliphatic carbocycles. The molecular weight excluding hydrogens is 600 g/mol. The maximum Gasteiger partial charge on any atom is 0.259 e. The van der Waals surface area contributed by atoms with Crippen LogP contribution < -0.4 is 25.7 Å². The molecule has 7 nitrogen and oxygen atoms in total. The van der Waals surface area contributed by atoms with E-state index in [9.17, 15) is 14.0 Å². The Morgan fingerprint density at radius 1 is 1.03 bits per heavy atom. The molecule has 0 saturated heterocycles. The zero-order chi connectivity index (χ0) is 27.4. The summed E-state index contributed by atoms with van der Waals surface area (Å²) in [6.07, 6.45) is 0. The first-order chi connectivity index (χ1) is 18.2. The number of halogens is 2. The molecule has 38 heavy (non-hydrogen) atoms. The van der Waals surface area contributed by atoms with Gasteiger partial charge in [0.25, 0.3) is 11.5 Å². The van der Waals surface area contributed by atoms with Crippen LogP contribution in [-0.4, -0.2) is 17.6 Å². The average Bonchev–Trinajstić information content (AvgIpc) is 2.89. The van der Waals surface area contributed by atoms with E-state index >= 15 is 0 Å². The Bertz CT molecular complexity index is 1530. The normalized spacial score (nSPS) is 10.7. The van der Waals surface area contributed by atoms with Crippen LogP contribution in [0.1, 0.15) is 27.0 Å². The van der Waals surface area contributed by atoms with Crippen molar-refractivity contribution in [3.8, 4) is 17.2 Å². The molecule has 1 heterocycles. The van der Waals surface area contributed by atoms with Crippen LogP contribution in [0.2, 0.25) is 0 Å². The lowest BCUT2D eigenvalue weighted by Gasteiger charge is -2.20. The molecular formula is C29H27FIN3O4. The van der Waals surface area contributed by atoms with Crippen molar-refractivity contribution in [1.29, 1.82) is 0 Å². The predicted octanol–water partition coefficient (Wildman–Crippen LogP) is 6.22. The van der Waals surface area contributed by atoms with Crippen molar-refractivity contribution in [2.75, 3.05) is 12.4 Å². The number of pyridine rings is 1. The third-order valence-corrected chi connectivity index (χ3v) is 6.72. The maximum absolute atomic E-state index is 14.8. The summed E-state index contributed by atoms with van der Waals surface area (Å²) in [6, 6.07) is 18.9. The van der Waals surface area contributed by atoms with Gasteiger partial charge in [-0.25, -0.2) is 4.39 Å². The van der Waals surface area contributed by atoms with Gasteiger partial charge in [-0.3, -0.25) is 14.2 Å². The summed E-state index contributed by atoms with van der Waals surface area (Å²) in [5, 5.41) is 5.85. The Morgan fingerprint density at radius 2 is 1.71 bits per heavy atom. The van der Waals surface area contributed by atoms with Crippen LogP contribution in [0, 0.1) is 23.2 Å². The van der Waals surface area contributed by atoms with Crippen LogP contribution in [0.3, 0.4) is 0 Å². The summed E-state index contributed by atoms with van der Waals surface area (Å²) in [5.41, 5.74) is 2.29. The topological polar surface area (TPSA) is 81.6 Å². The minimum atomic E-state index is -0.519. The van der Waals surface area contributed by atoms with E-state index in [0.717, 1.165) is 16.7 Å². The van der Waals surface area contributed by atoms with Gasteiger partial charge in [0.2, 0.25) is 0 Å². The number of rotatable bonds is 8. The maximum atomic E-state index is 14.8. The van der Waals surface area contributed by atoms with E-state index in [2.05, 4.69) is 10.6 Å². The van der Waals surface area contributed by atoms with Crippen molar-refractivity contribution in [3.05, 3.63) is 109 Å². The number of amides is 1. The molecule has 0 fully saturated rings. The van der Waals surface area contributed by atoms with E-state index in [-0.39, 0.29) is 29.4 Å². The third-order valence-electron chi connectivity index (χ3n) is 6.05. The number of nitrogens with one attached hydrogen (secondary N) is 2. The number of carbonyl (C=O) groups is 1. The summed E-state index contributed by atoms with van der Waals surface area (Å²) in [5.74, 6) is 0.392. The number of aryl methyl sites for hydroxylation is 2. The van der Waals surface area contributed by atoms with E-state index in [4.69, 9.17) is 9.47 Å². The highest BCUT2D eigenvalue weighted by Crippen LogP contribution is 2.34. The van der Waals surface area contributed by atoms with Gasteiger partial charge in [-0.1, -0.05) is 30.3 Å². The van der Waals surface area contributed by atoms with E-state index in [0.29, 0.717) is 15.1 Å². The van der Waals surface area contributed by atoms with Crippen LogP contribution in [0.15, 0.2) is 71.5 Å². The standard InChI is InChI=1S/C29H27FIN3O4/c1-17-6-5-7-18(2)27(17)38-24-15-25(35)34(3)28(33-23-13-10-20(31)14-22(23)30)26(24)29(36)32-16-19-8-11-21(37-4)12-9-19/h5-15,33H,16H2,1-4H3,(H,32,36). The smallest absolute Gasteiger partial charge is 0.259 e. The molecule has 4 rings (SSSR count). The first-order valence-electron chi connectivity index (χ1n) is 11.8. The lowest BCUT2D eigenvalue weighted by molar-refractivity contribution is 0.0948. The monoisotopic (exact) mass is 627 g/mol. The summed E-state index contributed by atoms with van der Waals surface area (Å²) >= 11 is 2.01. The molecule has 0 aliphatic rings. The van der Waals surface area contributed by atoms with Crippen molar-refractivity contribution in [2.24, 2.45) is 7.05 Å². The highest BCUT2D eigenvalue weighted by Gasteiger charge is 2.24. The Labute approximate surface area is 233 Å². The minimum absolute atomic E-state index is 0.0613. The Morgan fingerprint density at radius 3 is 2.34 bits per heavy atom. The van der Waals surface area contributed by atoms with E-state index in [1.807, 2.05) is 66.8 Å². The number of nitrogens with zero attached hydrogens (tertiary/aromatic N) is 1. The van der Waals surface area contributed by atoms with Gasteiger partial charge in [0.05, 0.1) is 12.8 Å². The van der Waals surface area contributed by atoms with Crippen molar-refractivity contribution in [2.45, 2.75) is 20.4 Å². The number of benzene rings is 3. The molecule has 2 N–H and O–H groups in total. The fraction of sp³-hybridized carbons (Fsp3) is 0.172. The first-order valence-corrected chi connectivity index (χ1v) is 12.9. The van der Waals surface area contributed by atoms with Crippen LogP contribution in [0.25, 0.3) is 0 Å². The zero-order valence-corrected chi connectivity index (χ0v) is 23.6. The van der Waals surface area contributed by atoms with Crippen LogP contribution in [-0.2, 0) is 13.6 Å². The lowest BCUT2D eigenvalue weighted by Crippen LogP contribution is -2.29. The molecule has 0 bridgehead atoms. The number of hydrogen-bond acceptors (Lipinski definition) is 5. The number of methoxy groups -OCH3 is 1. The molecule has 0 aliphatic heterocycles. The number of ether oxygens (including phenoxy) is 2. The molecule has 4 aromatic rings. The highest BCUT2D eigenvalue weighted by molar-refractivity contribution is 14.1. The lowest BCUT2D eigenvalue weighted by atomic mass is 10.1. The van der Waals surface area contributed by atoms with Crippen molar-refractivity contribution in [3.63, 3.8) is 0 Å². The average molecular weight is 627 g/mol. The van der Waals surface area contributed by atoms with Gasteiger partial charge in [0.15, 0.2) is 0 Å². The van der Waals surface area contributed by atoms with Gasteiger partial charge in [-0.15, -0.1) is 0 Å². The third kappa shape index (κ3) is 5.99. The van der Waals surface area contributed by atoms with Crippen LogP contribution >= 0.6 is 22.6 Å². The van der Waals surface area contributed by atoms with Gasteiger partial charge < -0.3 is 20.1 Å². The fourth-order valence-electron chi connectivity index (χ4n) is 3.92. The van der Waals surface area contributed by atoms with Gasteiger partial charge in [0.1, 0.15) is 34.4 Å². The van der Waals surface area contributed by atoms with Crippen molar-refractivity contribution in [1.82, 2.24) is 9.88 Å². The SMILES string of the molecule is COc1ccc(CNC(=O)c2c(Oc3c(C)cccc3C)cc(=O)n(C)c2Nc2ccc(I)cc2F)cc1. The van der Waals surface area contributed by atoms with Crippen molar-refractivity contribution < 1.29 is 18.7 Å². The minimum Gasteiger partial charge on any atom is -0.497 e. The van der Waals surface area contributed by atoms with Gasteiger partial charge in [0, 0.05) is 23.2 Å². The Balaban J connectivity index is 1.79. The van der Waals surface area contributed by atoms with Gasteiger partial charge >= 0.3 is 0 Å². The number of hydrogen-bond donors (Lipinski definition) is 2. The number of anilines is 2. The predicted molar refractivity (Wildman–Crippen MR) is 154 cm³/mol. The molecule has 0 saturated carbocycles. The quantitative estimate of drug-likeness (QED) is 0.227. The second-order valence-corrected chi connectivity index (χ2v) is 9.98. The Hall–Kier alpha value is -3.86. The molecule has 196 valence electrons. The first kappa shape index (κ1) is 27.2. The zero-order valence-electron chi connectivity index (χ0n) is 21.4. The van der Waals surface area contributed by atoms with E-state index in [1.54, 1.807) is 31.4 Å². The summed E-state index contributed by atoms with van der Waals surface area (Å²) < 4.78 is 28.2. The van der Waals surface area contributed by atoms with Crippen LogP contribution in [0.4, 0.5) is 15.9 Å². The summed E-state index contributed by atoms with van der Waals surface area (Å²) in [6.45, 7) is 3.98. The number of carbonyl (C=O) groups excluding carboxylic acids is 1. The number of para-hydroxylation sites is 1. The molecule has 0 unspecified atom stereocenters. The molecule has 0 atom stereocenters. The van der Waals surface area contributed by atoms with Crippen LogP contribution in [0.5, 0.6) is 17.2 Å². The fourth-order valence-corrected chi connectivity index (χ4v) is 4.38. The molecule has 9 heteroatoms. The van der Waals surface area contributed by atoms with Gasteiger partial charge in [-0.05, 0) is 83.5 Å². The Kier molecular flexibility index (Phi) is 8.35. The second kappa shape index (κ2) is 11.7. The molecule has 0 spiro atoms. The number of aromatic nitrogens is 1. The van der Waals surface area contributed by atoms with E-state index in [1.165, 1.54) is 23.7 Å². The summed E-state index contributed by atoms with van der Waals surface area (Å²) in [7, 11) is 3.09. The van der Waals surface area contributed by atoms with Gasteiger partial charge in [-0.2, -0.15) is 0 Å². The molecule has 3 aromatic carbocycles. The largest absolute Gasteiger partial charge is 0.497 e. The summed E-state index contributed by atoms with van der Waals surface area (Å²) in [4.78, 5) is 26.6. The molecule has 1 amide bonds. The van der Waals surface area contributed by atoms with Crippen molar-refractivity contribution >= 4 is 40.0 Å². The second-order valence-electron chi connectivity index (χ2n) is 8.73. The van der Waals surface area contributed by atoms with E-state index < -0.39 is 17.3 Å². The molecule has 0 radical (unpaired) electrons.